The fourth-order valence-electron chi connectivity index (χ4n) is 6.09. The molecule has 2 fully saturated rings. The summed E-state index contributed by atoms with van der Waals surface area (Å²) in [6, 6.07) is 1.70. The number of nitrogens with two attached hydrogens (primary N) is 1. The number of aromatic amines is 1. The first-order valence-electron chi connectivity index (χ1n) is 12.8. The summed E-state index contributed by atoms with van der Waals surface area (Å²) in [5, 5.41) is 21.6. The third-order valence-corrected chi connectivity index (χ3v) is 8.05. The lowest BCUT2D eigenvalue weighted by Crippen LogP contribution is -2.46. The van der Waals surface area contributed by atoms with Crippen LogP contribution in [0.3, 0.4) is 0 Å². The first-order chi connectivity index (χ1) is 18.5. The van der Waals surface area contributed by atoms with E-state index in [0.717, 1.165) is 12.8 Å². The van der Waals surface area contributed by atoms with E-state index >= 15 is 0 Å². The first kappa shape index (κ1) is 25.4. The second-order valence-electron chi connectivity index (χ2n) is 10.8. The second kappa shape index (κ2) is 9.09. The summed E-state index contributed by atoms with van der Waals surface area (Å²) in [7, 11) is 0. The number of anilines is 1. The number of rotatable bonds is 5. The number of piperidine rings is 1. The van der Waals surface area contributed by atoms with Crippen LogP contribution in [0, 0.1) is 0 Å². The normalized spacial score (nSPS) is 21.1. The van der Waals surface area contributed by atoms with Crippen molar-refractivity contribution in [3.05, 3.63) is 52.6 Å². The van der Waals surface area contributed by atoms with E-state index < -0.39 is 5.60 Å². The molecule has 2 unspecified atom stereocenters. The molecule has 6 heterocycles. The van der Waals surface area contributed by atoms with Crippen molar-refractivity contribution in [3.63, 3.8) is 0 Å². The largest absolute Gasteiger partial charge is 0.384 e. The molecule has 4 aromatic heterocycles. The summed E-state index contributed by atoms with van der Waals surface area (Å²) in [6.45, 7) is 4.71. The Morgan fingerprint density at radius 1 is 1.18 bits per heavy atom. The summed E-state index contributed by atoms with van der Waals surface area (Å²) in [5.74, 6) is 0.0131. The van der Waals surface area contributed by atoms with Gasteiger partial charge in [-0.05, 0) is 52.5 Å². The molecule has 0 saturated carbocycles. The predicted molar refractivity (Wildman–Crippen MR) is 142 cm³/mol. The molecule has 2 bridgehead atoms. The quantitative estimate of drug-likeness (QED) is 0.316. The molecular formula is C26H28ClN9O3. The Bertz CT molecular complexity index is 1600. The maximum Gasteiger partial charge on any atom is 0.291 e. The Morgan fingerprint density at radius 3 is 2.49 bits per heavy atom. The number of amides is 1. The van der Waals surface area contributed by atoms with Crippen LogP contribution in [0.2, 0.25) is 5.02 Å². The van der Waals surface area contributed by atoms with E-state index in [1.54, 1.807) is 32.3 Å². The van der Waals surface area contributed by atoms with Gasteiger partial charge in [-0.1, -0.05) is 11.6 Å². The average molecular weight is 550 g/mol. The van der Waals surface area contributed by atoms with Gasteiger partial charge in [0.05, 0.1) is 28.2 Å². The van der Waals surface area contributed by atoms with Crippen molar-refractivity contribution in [2.75, 3.05) is 5.73 Å². The van der Waals surface area contributed by atoms with E-state index in [0.29, 0.717) is 51.6 Å². The maximum absolute atomic E-state index is 13.1. The number of pyridine rings is 1. The van der Waals surface area contributed by atoms with Gasteiger partial charge in [0.2, 0.25) is 5.82 Å². The van der Waals surface area contributed by atoms with Crippen LogP contribution in [0.1, 0.15) is 84.7 Å². The molecule has 1 amide bonds. The van der Waals surface area contributed by atoms with Crippen LogP contribution < -0.4 is 5.73 Å². The lowest BCUT2D eigenvalue weighted by molar-refractivity contribution is 0.0556. The number of nitrogens with zero attached hydrogens (tertiary/aromatic N) is 7. The number of Topliss-reactive ketones (excluding diaryl/α,β-unsaturated/α-hetero) is 1. The molecule has 0 aliphatic carbocycles. The van der Waals surface area contributed by atoms with Gasteiger partial charge < -0.3 is 15.7 Å². The van der Waals surface area contributed by atoms with E-state index in [9.17, 15) is 14.7 Å². The third-order valence-electron chi connectivity index (χ3n) is 7.77. The minimum atomic E-state index is -1.20. The molecule has 0 radical (unpaired) electrons. The highest BCUT2D eigenvalue weighted by atomic mass is 35.5. The van der Waals surface area contributed by atoms with Crippen molar-refractivity contribution in [1.29, 1.82) is 0 Å². The summed E-state index contributed by atoms with van der Waals surface area (Å²) in [4.78, 5) is 41.2. The fraction of sp³-hybridized carbons (Fsp3) is 0.423. The predicted octanol–water partition coefficient (Wildman–Crippen LogP) is 3.13. The lowest BCUT2D eigenvalue weighted by atomic mass is 9.85. The summed E-state index contributed by atoms with van der Waals surface area (Å²) in [5.41, 5.74) is 8.45. The van der Waals surface area contributed by atoms with Gasteiger partial charge in [-0.3, -0.25) is 19.7 Å². The van der Waals surface area contributed by atoms with Crippen LogP contribution in [-0.2, 0) is 5.60 Å². The number of nitrogens with one attached hydrogen (secondary N) is 1. The van der Waals surface area contributed by atoms with Gasteiger partial charge in [0.25, 0.3) is 5.91 Å². The van der Waals surface area contributed by atoms with Crippen LogP contribution in [-0.4, -0.2) is 68.5 Å². The van der Waals surface area contributed by atoms with E-state index in [-0.39, 0.29) is 41.3 Å². The summed E-state index contributed by atoms with van der Waals surface area (Å²) < 4.78 is 1.46. The van der Waals surface area contributed by atoms with Crippen molar-refractivity contribution >= 4 is 34.8 Å². The van der Waals surface area contributed by atoms with Crippen LogP contribution in [0.25, 0.3) is 16.8 Å². The fourth-order valence-corrected chi connectivity index (χ4v) is 6.49. The molecule has 39 heavy (non-hydrogen) atoms. The van der Waals surface area contributed by atoms with Crippen molar-refractivity contribution in [3.8, 4) is 11.1 Å². The van der Waals surface area contributed by atoms with Gasteiger partial charge in [0, 0.05) is 35.3 Å². The molecule has 2 aliphatic rings. The standard InChI is InChI=1S/C26H28ClN9O3/c1-12(37)19-20(13-6-15-4-5-16(7-13)35(15)25(38)23-30-11-31-34-23)33-24-17(10-32-36(24)22(19)28)14-8-18(27)21(29-9-14)26(2,3)39/h8-11,13,15-16,39H,4-7,28H2,1-3H3,(H,30,31,34)/t13?,15-,16?/m1/s1. The molecule has 2 aliphatic heterocycles. The monoisotopic (exact) mass is 549 g/mol. The number of aliphatic hydroxyl groups is 1. The smallest absolute Gasteiger partial charge is 0.291 e. The Labute approximate surface area is 228 Å². The Hall–Kier alpha value is -3.90. The van der Waals surface area contributed by atoms with E-state index in [2.05, 4.69) is 25.3 Å². The minimum absolute atomic E-state index is 0.00724. The number of nitrogen functional groups attached to an aromatic ring is 1. The molecule has 3 atom stereocenters. The zero-order valence-electron chi connectivity index (χ0n) is 21.7. The number of ketones is 1. The molecule has 4 N–H and O–H groups in total. The van der Waals surface area contributed by atoms with Crippen molar-refractivity contribution in [1.82, 2.24) is 39.7 Å². The van der Waals surface area contributed by atoms with E-state index in [1.807, 2.05) is 4.90 Å². The molecule has 0 spiro atoms. The lowest BCUT2D eigenvalue weighted by Gasteiger charge is -2.38. The maximum atomic E-state index is 13.1. The number of aromatic nitrogens is 7. The molecule has 2 saturated heterocycles. The number of hydrogen-bond donors (Lipinski definition) is 3. The van der Waals surface area contributed by atoms with Gasteiger partial charge in [0.15, 0.2) is 11.4 Å². The average Bonchev–Trinajstić information content (AvgIpc) is 3.61. The van der Waals surface area contributed by atoms with E-state index in [4.69, 9.17) is 22.3 Å². The zero-order chi connectivity index (χ0) is 27.6. The van der Waals surface area contributed by atoms with Crippen LogP contribution in [0.4, 0.5) is 5.82 Å². The summed E-state index contributed by atoms with van der Waals surface area (Å²) >= 11 is 6.47. The van der Waals surface area contributed by atoms with Gasteiger partial charge in [-0.15, -0.1) is 0 Å². The van der Waals surface area contributed by atoms with Crippen molar-refractivity contribution in [2.24, 2.45) is 0 Å². The Balaban J connectivity index is 1.41. The number of carbonyl (C=O) groups excluding carboxylic acids is 2. The highest BCUT2D eigenvalue weighted by Gasteiger charge is 2.45. The first-order valence-corrected chi connectivity index (χ1v) is 13.2. The molecular weight excluding hydrogens is 522 g/mol. The van der Waals surface area contributed by atoms with Crippen molar-refractivity contribution < 1.29 is 14.7 Å². The van der Waals surface area contributed by atoms with Gasteiger partial charge in [0.1, 0.15) is 17.7 Å². The van der Waals surface area contributed by atoms with E-state index in [1.165, 1.54) is 17.8 Å². The molecule has 6 rings (SSSR count). The Kier molecular flexibility index (Phi) is 5.92. The molecule has 12 nitrogen and oxygen atoms in total. The van der Waals surface area contributed by atoms with Gasteiger partial charge >= 0.3 is 0 Å². The zero-order valence-corrected chi connectivity index (χ0v) is 22.5. The third kappa shape index (κ3) is 4.14. The van der Waals surface area contributed by atoms with Gasteiger partial charge in [-0.25, -0.2) is 9.97 Å². The number of fused-ring (bicyclic) bond motifs is 3. The minimum Gasteiger partial charge on any atom is -0.384 e. The van der Waals surface area contributed by atoms with Crippen LogP contribution in [0.5, 0.6) is 0 Å². The molecule has 202 valence electrons. The topological polar surface area (TPSA) is 168 Å². The van der Waals surface area contributed by atoms with Crippen molar-refractivity contribution in [2.45, 2.75) is 70.1 Å². The summed E-state index contributed by atoms with van der Waals surface area (Å²) in [6.07, 6.45) is 7.58. The number of halogens is 1. The second-order valence-corrected chi connectivity index (χ2v) is 11.2. The van der Waals surface area contributed by atoms with Crippen LogP contribution >= 0.6 is 11.6 Å². The highest BCUT2D eigenvalue weighted by molar-refractivity contribution is 6.31. The van der Waals surface area contributed by atoms with Crippen LogP contribution in [0.15, 0.2) is 24.8 Å². The van der Waals surface area contributed by atoms with Gasteiger partial charge in [-0.2, -0.15) is 14.7 Å². The number of H-pyrrole nitrogens is 1. The Morgan fingerprint density at radius 2 is 1.90 bits per heavy atom. The number of carbonyl (C=O) groups is 2. The SMILES string of the molecule is CC(=O)c1c(C2CC3CC[C@H](C2)N3C(=O)c2ncn[nH]2)nc2c(-c3cnc(C(C)(C)O)c(Cl)c3)cnn2c1N. The number of hydrogen-bond acceptors (Lipinski definition) is 9. The molecule has 0 aromatic carbocycles. The molecule has 4 aromatic rings. The highest BCUT2D eigenvalue weighted by Crippen LogP contribution is 2.45. The molecule has 13 heteroatoms.